The van der Waals surface area contributed by atoms with Gasteiger partial charge in [0, 0.05) is 35.7 Å². The third kappa shape index (κ3) is 9.67. The van der Waals surface area contributed by atoms with Crippen molar-refractivity contribution in [1.82, 2.24) is 5.32 Å². The van der Waals surface area contributed by atoms with Crippen LogP contribution < -0.4 is 10.1 Å². The lowest BCUT2D eigenvalue weighted by Gasteiger charge is -2.55. The van der Waals surface area contributed by atoms with E-state index in [1.807, 2.05) is 53.7 Å². The third-order valence-corrected chi connectivity index (χ3v) is 16.1. The first-order valence-corrected chi connectivity index (χ1v) is 23.9. The minimum absolute atomic E-state index is 0.0339. The number of carbonyl (C=O) groups is 3. The van der Waals surface area contributed by atoms with Gasteiger partial charge >= 0.3 is 5.97 Å². The van der Waals surface area contributed by atoms with E-state index >= 15 is 0 Å². The molecule has 4 N–H and O–H groups in total. The Bertz CT molecular complexity index is 1810. The lowest BCUT2D eigenvalue weighted by atomic mass is 9.72. The van der Waals surface area contributed by atoms with Crippen molar-refractivity contribution in [2.24, 2.45) is 41.4 Å². The van der Waals surface area contributed by atoms with Gasteiger partial charge in [0.1, 0.15) is 17.6 Å². The number of carboxylic acids is 1. The average molecular weight is 884 g/mol. The van der Waals surface area contributed by atoms with E-state index in [1.165, 1.54) is 0 Å². The molecule has 0 aromatic heterocycles. The second-order valence-corrected chi connectivity index (χ2v) is 20.2. The van der Waals surface area contributed by atoms with Gasteiger partial charge in [-0.1, -0.05) is 67.5 Å². The molecule has 2 spiro atoms. The van der Waals surface area contributed by atoms with E-state index in [0.29, 0.717) is 69.1 Å². The first-order valence-electron chi connectivity index (χ1n) is 23.9. The first-order chi connectivity index (χ1) is 29.7. The summed E-state index contributed by atoms with van der Waals surface area (Å²) in [5.41, 5.74) is -1.33. The number of hydrogen-bond donors (Lipinski definition) is 4. The minimum atomic E-state index is -1.38. The van der Waals surface area contributed by atoms with Gasteiger partial charge in [0.15, 0.2) is 11.6 Å². The summed E-state index contributed by atoms with van der Waals surface area (Å²) in [5.74, 6) is -5.93. The molecule has 13 heteroatoms. The molecule has 0 bridgehead atoms. The number of nitrogens with one attached hydrogen (secondary N) is 1. The Balaban J connectivity index is 1.26. The Labute approximate surface area is 375 Å². The number of rotatable bonds is 15. The second kappa shape index (κ2) is 19.5. The van der Waals surface area contributed by atoms with Crippen LogP contribution in [0.5, 0.6) is 5.75 Å². The Kier molecular flexibility index (Phi) is 15.3. The molecule has 63 heavy (non-hydrogen) atoms. The topological polar surface area (TPSA) is 179 Å². The smallest absolute Gasteiger partial charge is 0.309 e. The van der Waals surface area contributed by atoms with Crippen LogP contribution in [0.15, 0.2) is 36.4 Å². The molecule has 5 heterocycles. The molecule has 354 valence electrons. The maximum Gasteiger partial charge on any atom is 0.309 e. The largest absolute Gasteiger partial charge is 0.497 e. The molecule has 0 saturated carbocycles. The molecule has 1 amide bonds. The fourth-order valence-corrected chi connectivity index (χ4v) is 11.7. The molecule has 0 aliphatic carbocycles. The number of Topliss-reactive ketones (excluding diaryl/α,β-unsaturated/α-hetero) is 1. The summed E-state index contributed by atoms with van der Waals surface area (Å²) in [6.07, 6.45) is 6.34. The van der Waals surface area contributed by atoms with Gasteiger partial charge < -0.3 is 49.1 Å². The molecule has 6 rings (SSSR count). The number of hydrogen-bond acceptors (Lipinski definition) is 11. The highest BCUT2D eigenvalue weighted by molar-refractivity contribution is 5.95. The molecule has 0 unspecified atom stereocenters. The number of aliphatic carboxylic acids is 1. The number of aliphatic hydroxyl groups excluding tert-OH is 1. The standard InChI is InChI=1S/C50H77NO12/c1-12-36(46(55)56)38-19-18-28(4)43(60-38)32(8)41(52)31(7)42(53)37(13-2)44-29(5)26-30(6)49(61-44)23-20-39(51-45(54)34-16-15-17-35(27-34)58-11)50(63-49)25-24-47(10,62-50)40-21-22-48(57,14-3)33(9)59-40/h15-17,20,23,27-33,36-41,43-44,52,57H,12-14,18-19,21-22,24-26H2,1-11H3,(H,51,54)(H,55,56)/t28-,29-,30+,31-,32-,33-,36+,37-,38+,39-,40+,41+,43+,44-,47-,48+,49-,50-/m0/s1. The van der Waals surface area contributed by atoms with Crippen molar-refractivity contribution in [3.05, 3.63) is 42.0 Å². The van der Waals surface area contributed by atoms with Crippen LogP contribution in [-0.2, 0) is 33.3 Å². The van der Waals surface area contributed by atoms with Crippen molar-refractivity contribution < 1.29 is 58.1 Å². The zero-order valence-electron chi connectivity index (χ0n) is 39.6. The Morgan fingerprint density at radius 3 is 2.27 bits per heavy atom. The molecule has 5 aliphatic rings. The van der Waals surface area contributed by atoms with Crippen molar-refractivity contribution in [1.29, 1.82) is 0 Å². The van der Waals surface area contributed by atoms with Gasteiger partial charge in [-0.15, -0.1) is 0 Å². The SMILES string of the molecule is CC[C@@H](C(=O)[C@@H](C)[C@@H](O)[C@H](C)[C@@H]1O[C@@H]([C@@H](CC)C(=O)O)CC[C@@H]1C)[C@H]1O[C@]2(C=C[C@H](NC(=O)c3cccc(OC)c3)[C@]3(CC[C@@](C)([C@H]4CC[C@](O)(CC)[C@H](C)O4)O3)O2)[C@H](C)C[C@@H]1C. The fourth-order valence-electron chi connectivity index (χ4n) is 11.7. The maximum absolute atomic E-state index is 14.7. The van der Waals surface area contributed by atoms with Gasteiger partial charge in [-0.05, 0) is 108 Å². The normalized spacial score (nSPS) is 40.5. The summed E-state index contributed by atoms with van der Waals surface area (Å²) < 4.78 is 40.1. The van der Waals surface area contributed by atoms with E-state index in [9.17, 15) is 29.7 Å². The van der Waals surface area contributed by atoms with E-state index in [0.717, 1.165) is 6.42 Å². The van der Waals surface area contributed by atoms with E-state index < -0.39 is 89.0 Å². The van der Waals surface area contributed by atoms with Crippen LogP contribution in [0.1, 0.15) is 144 Å². The van der Waals surface area contributed by atoms with E-state index in [-0.39, 0.29) is 35.5 Å². The summed E-state index contributed by atoms with van der Waals surface area (Å²) >= 11 is 0. The van der Waals surface area contributed by atoms with Gasteiger partial charge in [-0.3, -0.25) is 14.4 Å². The van der Waals surface area contributed by atoms with Gasteiger partial charge in [-0.25, -0.2) is 0 Å². The summed E-state index contributed by atoms with van der Waals surface area (Å²) in [5, 5.41) is 36.2. The monoisotopic (exact) mass is 884 g/mol. The Morgan fingerprint density at radius 2 is 1.63 bits per heavy atom. The molecule has 18 atom stereocenters. The first kappa shape index (κ1) is 49.5. The highest BCUT2D eigenvalue weighted by Gasteiger charge is 2.63. The van der Waals surface area contributed by atoms with Crippen LogP contribution in [0.2, 0.25) is 0 Å². The number of carboxylic acid groups (broad SMARTS) is 1. The molecule has 5 aliphatic heterocycles. The minimum Gasteiger partial charge on any atom is -0.497 e. The number of ketones is 1. The van der Waals surface area contributed by atoms with Crippen molar-refractivity contribution in [2.45, 2.75) is 199 Å². The van der Waals surface area contributed by atoms with Crippen LogP contribution in [0.3, 0.4) is 0 Å². The summed E-state index contributed by atoms with van der Waals surface area (Å²) in [4.78, 5) is 40.7. The van der Waals surface area contributed by atoms with Crippen molar-refractivity contribution in [3.8, 4) is 5.75 Å². The predicted molar refractivity (Wildman–Crippen MR) is 237 cm³/mol. The number of methoxy groups -OCH3 is 1. The number of aliphatic hydroxyl groups is 2. The molecule has 1 aromatic rings. The van der Waals surface area contributed by atoms with Crippen molar-refractivity contribution in [2.75, 3.05) is 7.11 Å². The molecular weight excluding hydrogens is 807 g/mol. The number of amides is 1. The summed E-state index contributed by atoms with van der Waals surface area (Å²) in [6, 6.07) is 6.23. The van der Waals surface area contributed by atoms with E-state index in [1.54, 1.807) is 38.3 Å². The number of ether oxygens (including phenoxy) is 6. The zero-order chi connectivity index (χ0) is 46.2. The van der Waals surface area contributed by atoms with Gasteiger partial charge in [-0.2, -0.15) is 0 Å². The van der Waals surface area contributed by atoms with Gasteiger partial charge in [0.25, 0.3) is 5.91 Å². The third-order valence-electron chi connectivity index (χ3n) is 16.1. The summed E-state index contributed by atoms with van der Waals surface area (Å²) in [6.45, 7) is 19.6. The van der Waals surface area contributed by atoms with Gasteiger partial charge in [0.2, 0.25) is 0 Å². The zero-order valence-corrected chi connectivity index (χ0v) is 39.6. The van der Waals surface area contributed by atoms with Crippen molar-refractivity contribution >= 4 is 17.7 Å². The number of carbonyl (C=O) groups excluding carboxylic acids is 2. The van der Waals surface area contributed by atoms with Crippen LogP contribution in [0.4, 0.5) is 0 Å². The molecule has 4 saturated heterocycles. The highest BCUT2D eigenvalue weighted by Crippen LogP contribution is 2.54. The predicted octanol–water partition coefficient (Wildman–Crippen LogP) is 7.63. The van der Waals surface area contributed by atoms with E-state index in [2.05, 4.69) is 26.1 Å². The van der Waals surface area contributed by atoms with Crippen LogP contribution in [0.25, 0.3) is 0 Å². The second-order valence-electron chi connectivity index (χ2n) is 20.2. The lowest BCUT2D eigenvalue weighted by molar-refractivity contribution is -0.397. The average Bonchev–Trinajstić information content (AvgIpc) is 3.61. The molecule has 4 fully saturated rings. The Morgan fingerprint density at radius 1 is 0.921 bits per heavy atom. The van der Waals surface area contributed by atoms with Crippen LogP contribution in [-0.4, -0.2) is 106 Å². The molecule has 1 aromatic carbocycles. The van der Waals surface area contributed by atoms with Crippen LogP contribution in [0, 0.1) is 41.4 Å². The lowest BCUT2D eigenvalue weighted by Crippen LogP contribution is -2.65. The Hall–Kier alpha value is -2.91. The highest BCUT2D eigenvalue weighted by atomic mass is 16.8. The number of benzene rings is 1. The van der Waals surface area contributed by atoms with Crippen LogP contribution >= 0.6 is 0 Å². The molecule has 0 radical (unpaired) electrons. The van der Waals surface area contributed by atoms with E-state index in [4.69, 9.17) is 28.4 Å². The maximum atomic E-state index is 14.7. The summed E-state index contributed by atoms with van der Waals surface area (Å²) in [7, 11) is 1.56. The quantitative estimate of drug-likeness (QED) is 0.127. The van der Waals surface area contributed by atoms with Gasteiger partial charge in [0.05, 0.1) is 60.9 Å². The fraction of sp³-hybridized carbons (Fsp3) is 0.780. The molecule has 13 nitrogen and oxygen atoms in total. The molecular formula is C50H77NO12. The van der Waals surface area contributed by atoms with Crippen molar-refractivity contribution in [3.63, 3.8) is 0 Å².